The first kappa shape index (κ1) is 12.4. The van der Waals surface area contributed by atoms with Gasteiger partial charge in [0, 0.05) is 11.3 Å². The molecule has 2 N–H and O–H groups in total. The van der Waals surface area contributed by atoms with Crippen LogP contribution in [0.5, 0.6) is 0 Å². The summed E-state index contributed by atoms with van der Waals surface area (Å²) in [6, 6.07) is 7.37. The molecule has 1 atom stereocenters. The summed E-state index contributed by atoms with van der Waals surface area (Å²) in [4.78, 5) is 0. The van der Waals surface area contributed by atoms with Crippen molar-refractivity contribution in [1.82, 2.24) is 0 Å². The molecule has 94 valence electrons. The molecule has 1 aliphatic carbocycles. The molecule has 0 saturated heterocycles. The minimum absolute atomic E-state index is 0.120. The molecule has 1 nitrogen and oxygen atoms in total. The van der Waals surface area contributed by atoms with E-state index in [1.807, 2.05) is 18.2 Å². The van der Waals surface area contributed by atoms with Crippen LogP contribution in [0.1, 0.15) is 51.0 Å². The molecular weight excluding hydrogens is 213 g/mol. The zero-order chi connectivity index (χ0) is 12.3. The third-order valence-corrected chi connectivity index (χ3v) is 4.11. The van der Waals surface area contributed by atoms with Crippen LogP contribution in [0, 0.1) is 5.92 Å². The quantitative estimate of drug-likeness (QED) is 0.596. The zero-order valence-corrected chi connectivity index (χ0v) is 10.6. The Morgan fingerprint density at radius 1 is 1.12 bits per heavy atom. The van der Waals surface area contributed by atoms with Crippen LogP contribution in [0.2, 0.25) is 0 Å². The highest BCUT2D eigenvalue weighted by atomic mass is 19.1. The van der Waals surface area contributed by atoms with E-state index in [0.717, 1.165) is 25.7 Å². The fraction of sp³-hybridized carbons (Fsp3) is 0.600. The van der Waals surface area contributed by atoms with Crippen LogP contribution >= 0.6 is 0 Å². The number of nitrogens with two attached hydrogens (primary N) is 1. The van der Waals surface area contributed by atoms with E-state index in [1.54, 1.807) is 13.0 Å². The number of anilines is 1. The number of para-hydroxylation sites is 1. The third kappa shape index (κ3) is 2.62. The lowest BCUT2D eigenvalue weighted by atomic mass is 9.79. The second kappa shape index (κ2) is 5.07. The fourth-order valence-corrected chi connectivity index (χ4v) is 2.98. The highest BCUT2D eigenvalue weighted by molar-refractivity contribution is 5.49. The van der Waals surface area contributed by atoms with E-state index in [2.05, 4.69) is 0 Å². The maximum Gasteiger partial charge on any atom is 0.138 e. The normalized spacial score (nSPS) is 21.8. The van der Waals surface area contributed by atoms with Gasteiger partial charge >= 0.3 is 0 Å². The summed E-state index contributed by atoms with van der Waals surface area (Å²) in [6.07, 6.45) is 6.77. The van der Waals surface area contributed by atoms with E-state index in [4.69, 9.17) is 5.73 Å². The summed E-state index contributed by atoms with van der Waals surface area (Å²) in [7, 11) is 0. The number of alkyl halides is 1. The Morgan fingerprint density at radius 2 is 1.71 bits per heavy atom. The van der Waals surface area contributed by atoms with Crippen molar-refractivity contribution in [3.63, 3.8) is 0 Å². The topological polar surface area (TPSA) is 26.0 Å². The lowest BCUT2D eigenvalue weighted by Gasteiger charge is -2.31. The Kier molecular flexibility index (Phi) is 3.70. The van der Waals surface area contributed by atoms with Crippen LogP contribution in [-0.4, -0.2) is 0 Å². The van der Waals surface area contributed by atoms with Crippen LogP contribution in [-0.2, 0) is 5.67 Å². The van der Waals surface area contributed by atoms with Crippen molar-refractivity contribution in [3.05, 3.63) is 29.8 Å². The highest BCUT2D eigenvalue weighted by Crippen LogP contribution is 2.43. The molecule has 0 amide bonds. The van der Waals surface area contributed by atoms with Gasteiger partial charge in [-0.15, -0.1) is 0 Å². The van der Waals surface area contributed by atoms with E-state index in [9.17, 15) is 0 Å². The molecule has 17 heavy (non-hydrogen) atoms. The van der Waals surface area contributed by atoms with Gasteiger partial charge in [0.05, 0.1) is 0 Å². The summed E-state index contributed by atoms with van der Waals surface area (Å²) < 4.78 is 15.1. The summed E-state index contributed by atoms with van der Waals surface area (Å²) in [6.45, 7) is 1.70. The number of hydrogen-bond acceptors (Lipinski definition) is 1. The minimum atomic E-state index is -1.28. The maximum atomic E-state index is 15.1. The second-order valence-corrected chi connectivity index (χ2v) is 5.35. The van der Waals surface area contributed by atoms with Gasteiger partial charge in [-0.2, -0.15) is 0 Å². The van der Waals surface area contributed by atoms with Gasteiger partial charge in [-0.25, -0.2) is 4.39 Å². The van der Waals surface area contributed by atoms with E-state index >= 15 is 4.39 Å². The minimum Gasteiger partial charge on any atom is -0.398 e. The molecule has 1 aliphatic rings. The SMILES string of the molecule is CC(F)(c1ccccc1N)C1CCCCCC1. The number of halogens is 1. The predicted octanol–water partition coefficient (Wildman–Crippen LogP) is 4.42. The van der Waals surface area contributed by atoms with Crippen molar-refractivity contribution in [2.75, 3.05) is 5.73 Å². The van der Waals surface area contributed by atoms with Crippen molar-refractivity contribution in [3.8, 4) is 0 Å². The molecule has 0 bridgehead atoms. The molecule has 1 unspecified atom stereocenters. The van der Waals surface area contributed by atoms with Crippen molar-refractivity contribution in [2.24, 2.45) is 5.92 Å². The molecule has 0 radical (unpaired) electrons. The molecule has 0 aromatic heterocycles. The van der Waals surface area contributed by atoms with Gasteiger partial charge in [0.1, 0.15) is 5.67 Å². The molecule has 1 saturated carbocycles. The second-order valence-electron chi connectivity index (χ2n) is 5.35. The molecule has 1 fully saturated rings. The molecule has 0 heterocycles. The van der Waals surface area contributed by atoms with Gasteiger partial charge in [0.15, 0.2) is 0 Å². The molecule has 2 rings (SSSR count). The van der Waals surface area contributed by atoms with Gasteiger partial charge in [0.2, 0.25) is 0 Å². The lowest BCUT2D eigenvalue weighted by molar-refractivity contribution is 0.0895. The number of nitrogen functional groups attached to an aromatic ring is 1. The smallest absolute Gasteiger partial charge is 0.138 e. The summed E-state index contributed by atoms with van der Waals surface area (Å²) in [5.74, 6) is 0.120. The van der Waals surface area contributed by atoms with E-state index in [0.29, 0.717) is 11.3 Å². The number of benzene rings is 1. The first-order valence-electron chi connectivity index (χ1n) is 6.66. The van der Waals surface area contributed by atoms with Gasteiger partial charge < -0.3 is 5.73 Å². The van der Waals surface area contributed by atoms with Crippen LogP contribution < -0.4 is 5.73 Å². The van der Waals surface area contributed by atoms with Crippen LogP contribution in [0.25, 0.3) is 0 Å². The van der Waals surface area contributed by atoms with Crippen molar-refractivity contribution in [2.45, 2.75) is 51.1 Å². The molecule has 0 aliphatic heterocycles. The first-order chi connectivity index (χ1) is 8.12. The van der Waals surface area contributed by atoms with E-state index < -0.39 is 5.67 Å². The zero-order valence-electron chi connectivity index (χ0n) is 10.6. The Morgan fingerprint density at radius 3 is 2.29 bits per heavy atom. The summed E-state index contributed by atoms with van der Waals surface area (Å²) in [5.41, 5.74) is 5.89. The van der Waals surface area contributed by atoms with Gasteiger partial charge in [-0.1, -0.05) is 43.9 Å². The highest BCUT2D eigenvalue weighted by Gasteiger charge is 2.37. The average molecular weight is 235 g/mol. The summed E-state index contributed by atoms with van der Waals surface area (Å²) >= 11 is 0. The van der Waals surface area contributed by atoms with Crippen LogP contribution in [0.4, 0.5) is 10.1 Å². The largest absolute Gasteiger partial charge is 0.398 e. The van der Waals surface area contributed by atoms with Gasteiger partial charge in [0.25, 0.3) is 0 Å². The first-order valence-corrected chi connectivity index (χ1v) is 6.66. The average Bonchev–Trinajstić information content (AvgIpc) is 2.58. The molecule has 1 aromatic carbocycles. The van der Waals surface area contributed by atoms with Crippen LogP contribution in [0.15, 0.2) is 24.3 Å². The number of rotatable bonds is 2. The van der Waals surface area contributed by atoms with Crippen LogP contribution in [0.3, 0.4) is 0 Å². The Hall–Kier alpha value is -1.05. The van der Waals surface area contributed by atoms with Crippen molar-refractivity contribution < 1.29 is 4.39 Å². The monoisotopic (exact) mass is 235 g/mol. The Bertz CT molecular complexity index is 365. The van der Waals surface area contributed by atoms with Crippen molar-refractivity contribution in [1.29, 1.82) is 0 Å². The van der Waals surface area contributed by atoms with E-state index in [-0.39, 0.29) is 5.92 Å². The molecular formula is C15H22FN. The van der Waals surface area contributed by atoms with Crippen molar-refractivity contribution >= 4 is 5.69 Å². The molecule has 1 aromatic rings. The maximum absolute atomic E-state index is 15.1. The van der Waals surface area contributed by atoms with Gasteiger partial charge in [-0.05, 0) is 31.7 Å². The van der Waals surface area contributed by atoms with Gasteiger partial charge in [-0.3, -0.25) is 0 Å². The Balaban J connectivity index is 2.25. The lowest BCUT2D eigenvalue weighted by Crippen LogP contribution is -2.28. The standard InChI is InChI=1S/C15H22FN/c1-15(16,12-8-4-2-3-5-9-12)13-10-6-7-11-14(13)17/h6-7,10-12H,2-5,8-9,17H2,1H3. The van der Waals surface area contributed by atoms with E-state index in [1.165, 1.54) is 12.8 Å². The molecule has 2 heteroatoms. The molecule has 0 spiro atoms. The Labute approximate surface area is 103 Å². The predicted molar refractivity (Wildman–Crippen MR) is 70.5 cm³/mol. The third-order valence-electron chi connectivity index (χ3n) is 4.11. The fourth-order valence-electron chi connectivity index (χ4n) is 2.98. The number of hydrogen-bond donors (Lipinski definition) is 1. The summed E-state index contributed by atoms with van der Waals surface area (Å²) in [5, 5.41) is 0.